The summed E-state index contributed by atoms with van der Waals surface area (Å²) in [6, 6.07) is 6.50. The van der Waals surface area contributed by atoms with Crippen LogP contribution in [0.15, 0.2) is 30.6 Å². The third-order valence-corrected chi connectivity index (χ3v) is 3.82. The first-order chi connectivity index (χ1) is 10.3. The standard InChI is InChI=1S/C15H14FN5/c16-11-6-4-10(5-7-11)8-17-14-12-2-1-3-13(12)20-15-18-9-19-21(14)15/h4-7,9,17H,1-3,8H2. The van der Waals surface area contributed by atoms with Gasteiger partial charge < -0.3 is 5.32 Å². The summed E-state index contributed by atoms with van der Waals surface area (Å²) in [7, 11) is 0. The van der Waals surface area contributed by atoms with Gasteiger partial charge in [-0.05, 0) is 37.0 Å². The van der Waals surface area contributed by atoms with E-state index in [1.165, 1.54) is 24.0 Å². The number of anilines is 1. The second-order valence-corrected chi connectivity index (χ2v) is 5.19. The Morgan fingerprint density at radius 2 is 2.05 bits per heavy atom. The summed E-state index contributed by atoms with van der Waals surface area (Å²) < 4.78 is 14.7. The van der Waals surface area contributed by atoms with Gasteiger partial charge in [0.1, 0.15) is 18.0 Å². The van der Waals surface area contributed by atoms with Gasteiger partial charge in [0, 0.05) is 12.1 Å². The van der Waals surface area contributed by atoms with E-state index >= 15 is 0 Å². The molecule has 0 spiro atoms. The van der Waals surface area contributed by atoms with Gasteiger partial charge in [-0.15, -0.1) is 0 Å². The first-order valence-electron chi connectivity index (χ1n) is 7.01. The van der Waals surface area contributed by atoms with Gasteiger partial charge >= 0.3 is 0 Å². The van der Waals surface area contributed by atoms with Crippen molar-refractivity contribution in [3.05, 3.63) is 53.2 Å². The quantitative estimate of drug-likeness (QED) is 0.801. The Balaban J connectivity index is 1.69. The molecule has 0 atom stereocenters. The zero-order valence-electron chi connectivity index (χ0n) is 11.4. The number of aromatic nitrogens is 4. The molecule has 21 heavy (non-hydrogen) atoms. The molecule has 0 amide bonds. The van der Waals surface area contributed by atoms with Crippen LogP contribution in [0.4, 0.5) is 10.2 Å². The summed E-state index contributed by atoms with van der Waals surface area (Å²) in [5.74, 6) is 1.36. The molecule has 0 aliphatic heterocycles. The highest BCUT2D eigenvalue weighted by Crippen LogP contribution is 2.28. The van der Waals surface area contributed by atoms with Crippen molar-refractivity contribution in [2.45, 2.75) is 25.8 Å². The van der Waals surface area contributed by atoms with E-state index in [2.05, 4.69) is 20.4 Å². The van der Waals surface area contributed by atoms with Crippen molar-refractivity contribution in [3.63, 3.8) is 0 Å². The predicted molar refractivity (Wildman–Crippen MR) is 76.5 cm³/mol. The van der Waals surface area contributed by atoms with Crippen molar-refractivity contribution in [3.8, 4) is 0 Å². The smallest absolute Gasteiger partial charge is 0.254 e. The fourth-order valence-corrected chi connectivity index (χ4v) is 2.79. The summed E-state index contributed by atoms with van der Waals surface area (Å²) in [6.45, 7) is 0.617. The van der Waals surface area contributed by atoms with Crippen molar-refractivity contribution in [2.24, 2.45) is 0 Å². The van der Waals surface area contributed by atoms with Crippen LogP contribution < -0.4 is 5.32 Å². The van der Waals surface area contributed by atoms with E-state index < -0.39 is 0 Å². The Bertz CT molecular complexity index is 794. The molecule has 0 radical (unpaired) electrons. The van der Waals surface area contributed by atoms with Gasteiger partial charge in [-0.25, -0.2) is 9.37 Å². The SMILES string of the molecule is Fc1ccc(CNc2c3c(nc4ncnn24)CCC3)cc1. The predicted octanol–water partition coefficient (Wildman–Crippen LogP) is 2.36. The third-order valence-electron chi connectivity index (χ3n) is 3.82. The van der Waals surface area contributed by atoms with E-state index in [9.17, 15) is 4.39 Å². The van der Waals surface area contributed by atoms with Gasteiger partial charge in [-0.2, -0.15) is 14.6 Å². The van der Waals surface area contributed by atoms with Crippen LogP contribution in [-0.4, -0.2) is 19.6 Å². The topological polar surface area (TPSA) is 55.1 Å². The maximum Gasteiger partial charge on any atom is 0.254 e. The molecule has 1 aliphatic rings. The molecule has 3 aromatic rings. The number of hydrogen-bond acceptors (Lipinski definition) is 4. The minimum atomic E-state index is -0.220. The molecular formula is C15H14FN5. The highest BCUT2D eigenvalue weighted by molar-refractivity contribution is 5.54. The van der Waals surface area contributed by atoms with E-state index in [1.54, 1.807) is 16.6 Å². The number of fused-ring (bicyclic) bond motifs is 2. The molecule has 0 unspecified atom stereocenters. The number of nitrogens with one attached hydrogen (secondary N) is 1. The molecule has 5 nitrogen and oxygen atoms in total. The second-order valence-electron chi connectivity index (χ2n) is 5.19. The summed E-state index contributed by atoms with van der Waals surface area (Å²) >= 11 is 0. The summed E-state index contributed by atoms with van der Waals surface area (Å²) in [4.78, 5) is 8.72. The molecule has 6 heteroatoms. The van der Waals surface area contributed by atoms with Crippen LogP contribution in [0.3, 0.4) is 0 Å². The maximum atomic E-state index is 12.9. The molecule has 0 bridgehead atoms. The molecule has 0 saturated carbocycles. The van der Waals surface area contributed by atoms with Gasteiger partial charge in [0.2, 0.25) is 0 Å². The fourth-order valence-electron chi connectivity index (χ4n) is 2.79. The molecule has 1 N–H and O–H groups in total. The van der Waals surface area contributed by atoms with Crippen LogP contribution in [0.25, 0.3) is 5.78 Å². The van der Waals surface area contributed by atoms with Crippen LogP contribution in [-0.2, 0) is 19.4 Å². The van der Waals surface area contributed by atoms with Crippen molar-refractivity contribution in [1.82, 2.24) is 19.6 Å². The molecule has 4 rings (SSSR count). The van der Waals surface area contributed by atoms with Gasteiger partial charge in [0.15, 0.2) is 0 Å². The Labute approximate surface area is 120 Å². The monoisotopic (exact) mass is 283 g/mol. The zero-order chi connectivity index (χ0) is 14.2. The Morgan fingerprint density at radius 3 is 2.90 bits per heavy atom. The molecule has 2 heterocycles. The summed E-state index contributed by atoms with van der Waals surface area (Å²) in [6.07, 6.45) is 4.62. The Morgan fingerprint density at radius 1 is 1.19 bits per heavy atom. The van der Waals surface area contributed by atoms with Gasteiger partial charge in [-0.3, -0.25) is 0 Å². The average molecular weight is 283 g/mol. The lowest BCUT2D eigenvalue weighted by molar-refractivity contribution is 0.627. The molecule has 1 aromatic carbocycles. The minimum Gasteiger partial charge on any atom is -0.366 e. The van der Waals surface area contributed by atoms with E-state index in [0.29, 0.717) is 12.3 Å². The first-order valence-corrected chi connectivity index (χ1v) is 7.01. The van der Waals surface area contributed by atoms with Crippen molar-refractivity contribution in [1.29, 1.82) is 0 Å². The number of aryl methyl sites for hydroxylation is 1. The lowest BCUT2D eigenvalue weighted by Gasteiger charge is -2.12. The zero-order valence-corrected chi connectivity index (χ0v) is 11.4. The van der Waals surface area contributed by atoms with Crippen LogP contribution in [0.2, 0.25) is 0 Å². The van der Waals surface area contributed by atoms with E-state index in [-0.39, 0.29) is 5.82 Å². The Kier molecular flexibility index (Phi) is 2.80. The number of nitrogens with zero attached hydrogens (tertiary/aromatic N) is 4. The normalized spacial score (nSPS) is 13.6. The molecule has 2 aromatic heterocycles. The minimum absolute atomic E-state index is 0.220. The van der Waals surface area contributed by atoms with Crippen LogP contribution in [0, 0.1) is 5.82 Å². The van der Waals surface area contributed by atoms with E-state index in [0.717, 1.165) is 36.3 Å². The summed E-state index contributed by atoms with van der Waals surface area (Å²) in [5.41, 5.74) is 3.35. The Hall–Kier alpha value is -2.50. The first kappa shape index (κ1) is 12.3. The highest BCUT2D eigenvalue weighted by Gasteiger charge is 2.20. The number of rotatable bonds is 3. The van der Waals surface area contributed by atoms with Gasteiger partial charge in [0.25, 0.3) is 5.78 Å². The third kappa shape index (κ3) is 2.12. The van der Waals surface area contributed by atoms with Crippen molar-refractivity contribution < 1.29 is 4.39 Å². The number of halogens is 1. The van der Waals surface area contributed by atoms with Crippen LogP contribution >= 0.6 is 0 Å². The highest BCUT2D eigenvalue weighted by atomic mass is 19.1. The number of benzene rings is 1. The lowest BCUT2D eigenvalue weighted by atomic mass is 10.2. The largest absolute Gasteiger partial charge is 0.366 e. The van der Waals surface area contributed by atoms with Crippen molar-refractivity contribution >= 4 is 11.6 Å². The van der Waals surface area contributed by atoms with Gasteiger partial charge in [-0.1, -0.05) is 12.1 Å². The van der Waals surface area contributed by atoms with E-state index in [1.807, 2.05) is 0 Å². The molecular weight excluding hydrogens is 269 g/mol. The molecule has 106 valence electrons. The summed E-state index contributed by atoms with van der Waals surface area (Å²) in [5, 5.41) is 7.65. The fraction of sp³-hybridized carbons (Fsp3) is 0.267. The number of hydrogen-bond donors (Lipinski definition) is 1. The lowest BCUT2D eigenvalue weighted by Crippen LogP contribution is -2.10. The van der Waals surface area contributed by atoms with Crippen molar-refractivity contribution in [2.75, 3.05) is 5.32 Å². The average Bonchev–Trinajstić information content (AvgIpc) is 3.13. The molecule has 1 aliphatic carbocycles. The van der Waals surface area contributed by atoms with Crippen LogP contribution in [0.1, 0.15) is 23.2 Å². The second kappa shape index (κ2) is 4.80. The molecule has 0 fully saturated rings. The maximum absolute atomic E-state index is 12.9. The van der Waals surface area contributed by atoms with Crippen LogP contribution in [0.5, 0.6) is 0 Å². The van der Waals surface area contributed by atoms with E-state index in [4.69, 9.17) is 0 Å². The molecule has 0 saturated heterocycles. The van der Waals surface area contributed by atoms with Gasteiger partial charge in [0.05, 0.1) is 5.69 Å².